The van der Waals surface area contributed by atoms with Crippen molar-refractivity contribution < 1.29 is 9.59 Å². The number of carbonyl (C=O) groups is 2. The highest BCUT2D eigenvalue weighted by atomic mass is 32.2. The molecule has 1 N–H and O–H groups in total. The number of benzene rings is 4. The molecule has 1 aliphatic rings. The van der Waals surface area contributed by atoms with Gasteiger partial charge in [-0.25, -0.2) is 0 Å². The summed E-state index contributed by atoms with van der Waals surface area (Å²) < 4.78 is 0.296. The Balaban J connectivity index is 1.54. The lowest BCUT2D eigenvalue weighted by Gasteiger charge is -2.15. The van der Waals surface area contributed by atoms with E-state index in [0.717, 1.165) is 32.1 Å². The van der Waals surface area contributed by atoms with Gasteiger partial charge >= 0.3 is 0 Å². The number of fused-ring (bicyclic) bond motifs is 2. The monoisotopic (exact) mass is 440 g/mol. The van der Waals surface area contributed by atoms with Gasteiger partial charge < -0.3 is 0 Å². The van der Waals surface area contributed by atoms with Crippen molar-refractivity contribution in [3.05, 3.63) is 101 Å². The van der Waals surface area contributed by atoms with Crippen molar-refractivity contribution in [1.29, 1.82) is 0 Å². The van der Waals surface area contributed by atoms with Crippen LogP contribution in [0.2, 0.25) is 0 Å². The van der Waals surface area contributed by atoms with Crippen LogP contribution in [0.15, 0.2) is 89.8 Å². The third kappa shape index (κ3) is 3.60. The van der Waals surface area contributed by atoms with E-state index in [-0.39, 0.29) is 11.8 Å². The molecule has 6 heteroatoms. The van der Waals surface area contributed by atoms with Crippen LogP contribution in [0.4, 0.5) is 0 Å². The number of thiocarbonyl (C=S) groups is 1. The minimum Gasteiger partial charge on any atom is -0.267 e. The molecule has 1 aliphatic heterocycles. The molecule has 1 fully saturated rings. The molecule has 1 saturated heterocycles. The lowest BCUT2D eigenvalue weighted by atomic mass is 9.96. The van der Waals surface area contributed by atoms with E-state index in [0.29, 0.717) is 14.8 Å². The van der Waals surface area contributed by atoms with Gasteiger partial charge in [0.1, 0.15) is 0 Å². The quantitative estimate of drug-likeness (QED) is 0.258. The van der Waals surface area contributed by atoms with Crippen LogP contribution in [0.25, 0.3) is 27.6 Å². The van der Waals surface area contributed by atoms with E-state index in [4.69, 9.17) is 12.2 Å². The Kier molecular flexibility index (Phi) is 5.02. The molecule has 5 rings (SSSR count). The molecule has 0 atom stereocenters. The summed E-state index contributed by atoms with van der Waals surface area (Å²) in [5, 5.41) is 5.45. The minimum absolute atomic E-state index is 0.296. The van der Waals surface area contributed by atoms with Crippen LogP contribution >= 0.6 is 24.0 Å². The van der Waals surface area contributed by atoms with Crippen LogP contribution < -0.4 is 5.43 Å². The highest BCUT2D eigenvalue weighted by Gasteiger charge is 2.34. The third-order valence-corrected chi connectivity index (χ3v) is 6.43. The first-order valence-electron chi connectivity index (χ1n) is 9.66. The van der Waals surface area contributed by atoms with Crippen molar-refractivity contribution in [1.82, 2.24) is 10.4 Å². The van der Waals surface area contributed by atoms with Gasteiger partial charge in [0.25, 0.3) is 11.8 Å². The summed E-state index contributed by atoms with van der Waals surface area (Å²) in [4.78, 5) is 26.1. The Morgan fingerprint density at radius 1 is 0.871 bits per heavy atom. The number of thioether (sulfide) groups is 1. The minimum atomic E-state index is -0.381. The first kappa shape index (κ1) is 19.5. The predicted octanol–water partition coefficient (Wildman–Crippen LogP) is 5.54. The van der Waals surface area contributed by atoms with Crippen LogP contribution in [-0.4, -0.2) is 21.1 Å². The Morgan fingerprint density at radius 2 is 1.45 bits per heavy atom. The Labute approximate surface area is 188 Å². The zero-order chi connectivity index (χ0) is 21.4. The molecule has 4 aromatic carbocycles. The SMILES string of the molecule is O=C(NN1C(=O)C(=Cc2c3ccccc3cc3ccccc23)SC1=S)c1ccccc1. The van der Waals surface area contributed by atoms with Crippen molar-refractivity contribution in [2.24, 2.45) is 0 Å². The fourth-order valence-electron chi connectivity index (χ4n) is 3.66. The van der Waals surface area contributed by atoms with E-state index < -0.39 is 0 Å². The van der Waals surface area contributed by atoms with Gasteiger partial charge in [-0.2, -0.15) is 5.01 Å². The zero-order valence-corrected chi connectivity index (χ0v) is 17.9. The topological polar surface area (TPSA) is 49.4 Å². The van der Waals surface area contributed by atoms with Crippen molar-refractivity contribution in [2.75, 3.05) is 0 Å². The molecule has 31 heavy (non-hydrogen) atoms. The van der Waals surface area contributed by atoms with Crippen LogP contribution in [-0.2, 0) is 4.79 Å². The van der Waals surface area contributed by atoms with Crippen molar-refractivity contribution >= 4 is 67.7 Å². The summed E-state index contributed by atoms with van der Waals surface area (Å²) in [5.41, 5.74) is 4.05. The number of nitrogens with zero attached hydrogens (tertiary/aromatic N) is 1. The number of hydrogen-bond acceptors (Lipinski definition) is 4. The second-order valence-corrected chi connectivity index (χ2v) is 8.73. The number of carbonyl (C=O) groups excluding carboxylic acids is 2. The van der Waals surface area contributed by atoms with E-state index in [1.54, 1.807) is 24.3 Å². The number of nitrogens with one attached hydrogen (secondary N) is 1. The molecule has 0 spiro atoms. The molecule has 0 saturated carbocycles. The van der Waals surface area contributed by atoms with E-state index in [1.165, 1.54) is 11.8 Å². The van der Waals surface area contributed by atoms with Crippen molar-refractivity contribution in [3.63, 3.8) is 0 Å². The number of hydrogen-bond donors (Lipinski definition) is 1. The molecular formula is C25H16N2O2S2. The molecule has 4 nitrogen and oxygen atoms in total. The number of rotatable bonds is 3. The highest BCUT2D eigenvalue weighted by molar-refractivity contribution is 8.26. The molecule has 0 unspecified atom stereocenters. The molecule has 4 aromatic rings. The second-order valence-electron chi connectivity index (χ2n) is 7.06. The van der Waals surface area contributed by atoms with Gasteiger partial charge in [-0.3, -0.25) is 15.0 Å². The average Bonchev–Trinajstić information content (AvgIpc) is 3.06. The van der Waals surface area contributed by atoms with Gasteiger partial charge in [-0.05, 0) is 63.6 Å². The predicted molar refractivity (Wildman–Crippen MR) is 130 cm³/mol. The molecule has 2 amide bonds. The van der Waals surface area contributed by atoms with Crippen LogP contribution in [0.5, 0.6) is 0 Å². The Morgan fingerprint density at radius 3 is 2.10 bits per heavy atom. The maximum absolute atomic E-state index is 13.1. The third-order valence-electron chi connectivity index (χ3n) is 5.13. The highest BCUT2D eigenvalue weighted by Crippen LogP contribution is 2.36. The zero-order valence-electron chi connectivity index (χ0n) is 16.2. The smallest absolute Gasteiger partial charge is 0.267 e. The van der Waals surface area contributed by atoms with E-state index in [1.807, 2.05) is 48.5 Å². The normalized spacial score (nSPS) is 15.2. The fourth-order valence-corrected chi connectivity index (χ4v) is 4.82. The maximum Gasteiger partial charge on any atom is 0.285 e. The number of amides is 2. The van der Waals surface area contributed by atoms with Gasteiger partial charge in [0, 0.05) is 5.56 Å². The summed E-state index contributed by atoms with van der Waals surface area (Å²) in [5.74, 6) is -0.718. The largest absolute Gasteiger partial charge is 0.285 e. The van der Waals surface area contributed by atoms with E-state index >= 15 is 0 Å². The average molecular weight is 441 g/mol. The summed E-state index contributed by atoms with van der Waals surface area (Å²) in [6.45, 7) is 0. The molecule has 0 radical (unpaired) electrons. The maximum atomic E-state index is 13.1. The lowest BCUT2D eigenvalue weighted by Crippen LogP contribution is -2.44. The van der Waals surface area contributed by atoms with Gasteiger partial charge in [0.05, 0.1) is 4.91 Å². The first-order chi connectivity index (χ1) is 15.1. The molecular weight excluding hydrogens is 424 g/mol. The number of hydrazine groups is 1. The molecule has 1 heterocycles. The van der Waals surface area contributed by atoms with Crippen LogP contribution in [0.1, 0.15) is 15.9 Å². The lowest BCUT2D eigenvalue weighted by molar-refractivity contribution is -0.123. The van der Waals surface area contributed by atoms with E-state index in [2.05, 4.69) is 23.6 Å². The van der Waals surface area contributed by atoms with Gasteiger partial charge in [-0.1, -0.05) is 78.5 Å². The van der Waals surface area contributed by atoms with Crippen molar-refractivity contribution in [2.45, 2.75) is 0 Å². The van der Waals surface area contributed by atoms with Gasteiger partial charge in [0.2, 0.25) is 0 Å². The van der Waals surface area contributed by atoms with Gasteiger partial charge in [-0.15, -0.1) is 0 Å². The van der Waals surface area contributed by atoms with Crippen LogP contribution in [0.3, 0.4) is 0 Å². The molecule has 0 aliphatic carbocycles. The summed E-state index contributed by atoms with van der Waals surface area (Å²) in [7, 11) is 0. The first-order valence-corrected chi connectivity index (χ1v) is 10.9. The van der Waals surface area contributed by atoms with Gasteiger partial charge in [0.15, 0.2) is 4.32 Å². The molecule has 0 aromatic heterocycles. The molecule has 0 bridgehead atoms. The van der Waals surface area contributed by atoms with Crippen LogP contribution in [0, 0.1) is 0 Å². The summed E-state index contributed by atoms with van der Waals surface area (Å²) >= 11 is 6.57. The fraction of sp³-hybridized carbons (Fsp3) is 0. The summed E-state index contributed by atoms with van der Waals surface area (Å²) in [6, 6.07) is 27.1. The Bertz CT molecular complexity index is 1340. The second kappa shape index (κ2) is 7.98. The standard InChI is InChI=1S/C25H16N2O2S2/c28-23(16-8-2-1-3-9-16)26-27-24(29)22(31-25(27)30)15-21-19-12-6-4-10-17(19)14-18-11-5-7-13-20(18)21/h1-15H,(H,26,28). The summed E-state index contributed by atoms with van der Waals surface area (Å²) in [6.07, 6.45) is 1.87. The van der Waals surface area contributed by atoms with E-state index in [9.17, 15) is 9.59 Å². The van der Waals surface area contributed by atoms with Crippen molar-refractivity contribution in [3.8, 4) is 0 Å². The Hall–Kier alpha value is -3.48. The molecule has 150 valence electrons.